The van der Waals surface area contributed by atoms with Crippen LogP contribution in [-0.4, -0.2) is 42.4 Å². The molecule has 0 aromatic carbocycles. The fourth-order valence-corrected chi connectivity index (χ4v) is 2.36. The summed E-state index contributed by atoms with van der Waals surface area (Å²) in [5.74, 6) is -0.0903. The quantitative estimate of drug-likeness (QED) is 0.685. The van der Waals surface area contributed by atoms with E-state index in [2.05, 4.69) is 19.2 Å². The number of carbonyl (C=O) groups excluding carboxylic acids is 2. The summed E-state index contributed by atoms with van der Waals surface area (Å²) in [4.78, 5) is 25.6. The Morgan fingerprint density at radius 1 is 1.58 bits per heavy atom. The number of amides is 2. The zero-order valence-corrected chi connectivity index (χ0v) is 12.7. The molecule has 1 rings (SSSR count). The first-order chi connectivity index (χ1) is 8.60. The number of likely N-dealkylation sites (tertiary alicyclic amines) is 1. The Kier molecular flexibility index (Phi) is 8.76. The lowest BCUT2D eigenvalue weighted by Gasteiger charge is -2.24. The van der Waals surface area contributed by atoms with Gasteiger partial charge in [-0.1, -0.05) is 13.3 Å². The first kappa shape index (κ1) is 18.2. The maximum absolute atomic E-state index is 11.9. The minimum absolute atomic E-state index is 0. The number of nitrogens with one attached hydrogen (secondary N) is 1. The van der Waals surface area contributed by atoms with Gasteiger partial charge >= 0.3 is 0 Å². The Labute approximate surface area is 121 Å². The van der Waals surface area contributed by atoms with Crippen molar-refractivity contribution >= 4 is 24.2 Å². The standard InChI is InChI=1S/C13H25N3O2.ClH/c1-3-5-10(2)16-9-11(8-12(16)17)13(18)15-7-4-6-14;/h10-11H,3-9,14H2,1-2H3,(H,15,18);1H. The average molecular weight is 292 g/mol. The summed E-state index contributed by atoms with van der Waals surface area (Å²) in [5.41, 5.74) is 5.37. The minimum Gasteiger partial charge on any atom is -0.356 e. The molecule has 0 bridgehead atoms. The Morgan fingerprint density at radius 3 is 2.84 bits per heavy atom. The Balaban J connectivity index is 0.00000324. The van der Waals surface area contributed by atoms with Crippen LogP contribution in [0.2, 0.25) is 0 Å². The van der Waals surface area contributed by atoms with Crippen molar-refractivity contribution in [2.24, 2.45) is 11.7 Å². The minimum atomic E-state index is -0.186. The third kappa shape index (κ3) is 5.37. The first-order valence-electron chi connectivity index (χ1n) is 6.87. The average Bonchev–Trinajstić information content (AvgIpc) is 2.72. The van der Waals surface area contributed by atoms with Crippen LogP contribution in [0.3, 0.4) is 0 Å². The molecule has 3 N–H and O–H groups in total. The van der Waals surface area contributed by atoms with E-state index in [-0.39, 0.29) is 36.2 Å². The second kappa shape index (κ2) is 9.15. The summed E-state index contributed by atoms with van der Waals surface area (Å²) in [7, 11) is 0. The molecule has 1 aliphatic rings. The molecular weight excluding hydrogens is 266 g/mol. The van der Waals surface area contributed by atoms with Crippen LogP contribution in [0.4, 0.5) is 0 Å². The van der Waals surface area contributed by atoms with E-state index in [1.807, 2.05) is 4.90 Å². The number of rotatable bonds is 7. The van der Waals surface area contributed by atoms with Crippen molar-refractivity contribution in [1.82, 2.24) is 10.2 Å². The molecular formula is C13H26ClN3O2. The lowest BCUT2D eigenvalue weighted by Crippen LogP contribution is -2.37. The molecule has 19 heavy (non-hydrogen) atoms. The highest BCUT2D eigenvalue weighted by Gasteiger charge is 2.35. The lowest BCUT2D eigenvalue weighted by molar-refractivity contribution is -0.130. The molecule has 1 fully saturated rings. The summed E-state index contributed by atoms with van der Waals surface area (Å²) in [6.45, 7) is 5.90. The van der Waals surface area contributed by atoms with E-state index in [0.29, 0.717) is 26.1 Å². The molecule has 5 nitrogen and oxygen atoms in total. The van der Waals surface area contributed by atoms with Crippen molar-refractivity contribution in [2.75, 3.05) is 19.6 Å². The fraction of sp³-hybridized carbons (Fsp3) is 0.846. The molecule has 1 heterocycles. The highest BCUT2D eigenvalue weighted by atomic mass is 35.5. The largest absolute Gasteiger partial charge is 0.356 e. The second-order valence-corrected chi connectivity index (χ2v) is 5.02. The smallest absolute Gasteiger partial charge is 0.225 e. The summed E-state index contributed by atoms with van der Waals surface area (Å²) in [5, 5.41) is 2.84. The number of halogens is 1. The number of nitrogens with two attached hydrogens (primary N) is 1. The van der Waals surface area contributed by atoms with Gasteiger partial charge in [-0.25, -0.2) is 0 Å². The maximum Gasteiger partial charge on any atom is 0.225 e. The number of carbonyl (C=O) groups is 2. The van der Waals surface area contributed by atoms with Crippen LogP contribution in [-0.2, 0) is 9.59 Å². The van der Waals surface area contributed by atoms with Gasteiger partial charge in [-0.05, 0) is 26.3 Å². The number of hydrogen-bond acceptors (Lipinski definition) is 3. The molecule has 2 unspecified atom stereocenters. The molecule has 6 heteroatoms. The molecule has 0 aliphatic carbocycles. The summed E-state index contributed by atoms with van der Waals surface area (Å²) in [6.07, 6.45) is 3.18. The molecule has 0 aromatic rings. The molecule has 1 aliphatic heterocycles. The molecule has 0 aromatic heterocycles. The molecule has 112 valence electrons. The van der Waals surface area contributed by atoms with Gasteiger partial charge < -0.3 is 16.0 Å². The van der Waals surface area contributed by atoms with Gasteiger partial charge in [0.2, 0.25) is 11.8 Å². The van der Waals surface area contributed by atoms with Gasteiger partial charge in [0.1, 0.15) is 0 Å². The van der Waals surface area contributed by atoms with Crippen LogP contribution in [0.15, 0.2) is 0 Å². The number of hydrogen-bond donors (Lipinski definition) is 2. The van der Waals surface area contributed by atoms with E-state index in [0.717, 1.165) is 19.3 Å². The van der Waals surface area contributed by atoms with E-state index in [4.69, 9.17) is 5.73 Å². The first-order valence-corrected chi connectivity index (χ1v) is 6.87. The molecule has 0 saturated carbocycles. The zero-order valence-electron chi connectivity index (χ0n) is 11.9. The van der Waals surface area contributed by atoms with Crippen LogP contribution >= 0.6 is 12.4 Å². The van der Waals surface area contributed by atoms with Crippen molar-refractivity contribution in [3.63, 3.8) is 0 Å². The van der Waals surface area contributed by atoms with Crippen molar-refractivity contribution in [3.05, 3.63) is 0 Å². The summed E-state index contributed by atoms with van der Waals surface area (Å²) >= 11 is 0. The fourth-order valence-electron chi connectivity index (χ4n) is 2.36. The third-order valence-electron chi connectivity index (χ3n) is 3.45. The molecule has 0 radical (unpaired) electrons. The van der Waals surface area contributed by atoms with E-state index in [9.17, 15) is 9.59 Å². The SMILES string of the molecule is CCCC(C)N1CC(C(=O)NCCCN)CC1=O.Cl. The molecule has 2 amide bonds. The van der Waals surface area contributed by atoms with E-state index >= 15 is 0 Å². The topological polar surface area (TPSA) is 75.4 Å². The van der Waals surface area contributed by atoms with Crippen LogP contribution in [0.25, 0.3) is 0 Å². The number of nitrogens with zero attached hydrogens (tertiary/aromatic N) is 1. The molecule has 1 saturated heterocycles. The molecule has 2 atom stereocenters. The van der Waals surface area contributed by atoms with Gasteiger partial charge in [-0.15, -0.1) is 12.4 Å². The molecule has 0 spiro atoms. The monoisotopic (exact) mass is 291 g/mol. The highest BCUT2D eigenvalue weighted by Crippen LogP contribution is 2.22. The highest BCUT2D eigenvalue weighted by molar-refractivity contribution is 5.89. The zero-order chi connectivity index (χ0) is 13.5. The van der Waals surface area contributed by atoms with Gasteiger partial charge in [0.05, 0.1) is 5.92 Å². The van der Waals surface area contributed by atoms with Gasteiger partial charge in [0.25, 0.3) is 0 Å². The van der Waals surface area contributed by atoms with Crippen molar-refractivity contribution in [1.29, 1.82) is 0 Å². The van der Waals surface area contributed by atoms with Crippen LogP contribution in [0.5, 0.6) is 0 Å². The third-order valence-corrected chi connectivity index (χ3v) is 3.45. The van der Waals surface area contributed by atoms with Crippen LogP contribution in [0.1, 0.15) is 39.5 Å². The van der Waals surface area contributed by atoms with Crippen LogP contribution in [0, 0.1) is 5.92 Å². The van der Waals surface area contributed by atoms with Gasteiger partial charge in [-0.2, -0.15) is 0 Å². The second-order valence-electron chi connectivity index (χ2n) is 5.02. The van der Waals surface area contributed by atoms with E-state index in [1.165, 1.54) is 0 Å². The summed E-state index contributed by atoms with van der Waals surface area (Å²) in [6, 6.07) is 0.240. The normalized spacial score (nSPS) is 20.1. The predicted octanol–water partition coefficient (Wildman–Crippen LogP) is 0.910. The Bertz CT molecular complexity index is 300. The van der Waals surface area contributed by atoms with E-state index < -0.39 is 0 Å². The Hall–Kier alpha value is -0.810. The van der Waals surface area contributed by atoms with Crippen LogP contribution < -0.4 is 11.1 Å². The van der Waals surface area contributed by atoms with Crippen molar-refractivity contribution < 1.29 is 9.59 Å². The summed E-state index contributed by atoms with van der Waals surface area (Å²) < 4.78 is 0. The Morgan fingerprint density at radius 2 is 2.26 bits per heavy atom. The van der Waals surface area contributed by atoms with Crippen molar-refractivity contribution in [2.45, 2.75) is 45.6 Å². The lowest BCUT2D eigenvalue weighted by atomic mass is 10.1. The maximum atomic E-state index is 11.9. The van der Waals surface area contributed by atoms with Gasteiger partial charge in [0, 0.05) is 25.6 Å². The van der Waals surface area contributed by atoms with Gasteiger partial charge in [0.15, 0.2) is 0 Å². The predicted molar refractivity (Wildman–Crippen MR) is 78.1 cm³/mol. The van der Waals surface area contributed by atoms with Gasteiger partial charge in [-0.3, -0.25) is 9.59 Å². The van der Waals surface area contributed by atoms with E-state index in [1.54, 1.807) is 0 Å². The van der Waals surface area contributed by atoms with Crippen molar-refractivity contribution in [3.8, 4) is 0 Å².